The van der Waals surface area contributed by atoms with Crippen molar-refractivity contribution < 1.29 is 14.4 Å². The van der Waals surface area contributed by atoms with Crippen LogP contribution in [0.5, 0.6) is 0 Å². The third kappa shape index (κ3) is 4.36. The summed E-state index contributed by atoms with van der Waals surface area (Å²) in [4.78, 5) is 6.65. The van der Waals surface area contributed by atoms with Gasteiger partial charge in [0.05, 0.1) is 19.8 Å². The van der Waals surface area contributed by atoms with Crippen LogP contribution in [0.15, 0.2) is 17.2 Å². The number of hydrogen-bond donors (Lipinski definition) is 1. The maximum atomic E-state index is 9.72. The third-order valence-electron chi connectivity index (χ3n) is 4.05. The molecule has 1 N–H and O–H groups in total. The van der Waals surface area contributed by atoms with Crippen LogP contribution in [0.1, 0.15) is 31.0 Å². The van der Waals surface area contributed by atoms with Gasteiger partial charge in [-0.15, -0.1) is 6.58 Å². The van der Waals surface area contributed by atoms with Gasteiger partial charge in [0.1, 0.15) is 0 Å². The van der Waals surface area contributed by atoms with Gasteiger partial charge in [0, 0.05) is 25.5 Å². The lowest BCUT2D eigenvalue weighted by Crippen LogP contribution is -2.44. The molecule has 0 aliphatic carbocycles. The quantitative estimate of drug-likeness (QED) is 0.731. The van der Waals surface area contributed by atoms with E-state index >= 15 is 0 Å². The Kier molecular flexibility index (Phi) is 5.90. The Morgan fingerprint density at radius 3 is 3.14 bits per heavy atom. The zero-order valence-electron chi connectivity index (χ0n) is 12.8. The summed E-state index contributed by atoms with van der Waals surface area (Å²) >= 11 is 0. The molecule has 1 aromatic rings. The summed E-state index contributed by atoms with van der Waals surface area (Å²) in [6, 6.07) is 0. The molecule has 6 nitrogen and oxygen atoms in total. The largest absolute Gasteiger partial charge is 0.396 e. The number of methoxy groups -OCH3 is 1. The Labute approximate surface area is 125 Å². The van der Waals surface area contributed by atoms with Gasteiger partial charge in [-0.2, -0.15) is 4.98 Å². The summed E-state index contributed by atoms with van der Waals surface area (Å²) < 4.78 is 10.3. The monoisotopic (exact) mass is 295 g/mol. The summed E-state index contributed by atoms with van der Waals surface area (Å²) in [5, 5.41) is 13.7. The minimum atomic E-state index is -0.0705. The molecule has 0 spiro atoms. The molecule has 0 aromatic carbocycles. The van der Waals surface area contributed by atoms with Gasteiger partial charge in [-0.3, -0.25) is 4.90 Å². The third-order valence-corrected chi connectivity index (χ3v) is 4.05. The van der Waals surface area contributed by atoms with E-state index in [1.807, 2.05) is 6.08 Å². The number of ether oxygens (including phenoxy) is 1. The van der Waals surface area contributed by atoms with E-state index in [2.05, 4.69) is 21.6 Å². The van der Waals surface area contributed by atoms with E-state index in [0.29, 0.717) is 31.3 Å². The molecule has 2 rings (SSSR count). The molecule has 2 heterocycles. The first-order chi connectivity index (χ1) is 10.2. The van der Waals surface area contributed by atoms with Gasteiger partial charge in [0.25, 0.3) is 0 Å². The van der Waals surface area contributed by atoms with Crippen LogP contribution in [0.2, 0.25) is 0 Å². The van der Waals surface area contributed by atoms with Gasteiger partial charge < -0.3 is 14.4 Å². The highest BCUT2D eigenvalue weighted by Crippen LogP contribution is 2.33. The number of hydrogen-bond acceptors (Lipinski definition) is 6. The maximum Gasteiger partial charge on any atom is 0.240 e. The number of aliphatic hydroxyl groups excluding tert-OH is 1. The average Bonchev–Trinajstić information content (AvgIpc) is 2.93. The van der Waals surface area contributed by atoms with Crippen molar-refractivity contribution in [2.24, 2.45) is 5.41 Å². The fourth-order valence-corrected chi connectivity index (χ4v) is 2.95. The molecule has 0 bridgehead atoms. The van der Waals surface area contributed by atoms with E-state index in [1.54, 1.807) is 7.11 Å². The molecule has 1 fully saturated rings. The molecule has 0 amide bonds. The summed E-state index contributed by atoms with van der Waals surface area (Å²) in [5.74, 6) is 1.32. The molecule has 1 saturated heterocycles. The number of piperidine rings is 1. The summed E-state index contributed by atoms with van der Waals surface area (Å²) in [6.45, 7) is 7.06. The van der Waals surface area contributed by atoms with Crippen molar-refractivity contribution in [3.63, 3.8) is 0 Å². The molecule has 1 aliphatic rings. The second-order valence-corrected chi connectivity index (χ2v) is 5.81. The lowest BCUT2D eigenvalue weighted by molar-refractivity contribution is 0.0266. The van der Waals surface area contributed by atoms with Crippen LogP contribution in [0.4, 0.5) is 0 Å². The van der Waals surface area contributed by atoms with Crippen molar-refractivity contribution in [3.8, 4) is 0 Å². The normalized spacial score (nSPS) is 23.3. The minimum Gasteiger partial charge on any atom is -0.396 e. The lowest BCUT2D eigenvalue weighted by Gasteiger charge is -2.40. The lowest BCUT2D eigenvalue weighted by atomic mass is 9.78. The molecule has 1 atom stereocenters. The van der Waals surface area contributed by atoms with Crippen molar-refractivity contribution >= 4 is 0 Å². The van der Waals surface area contributed by atoms with Crippen LogP contribution in [0, 0.1) is 5.41 Å². The molecule has 118 valence electrons. The molecule has 1 aromatic heterocycles. The fourth-order valence-electron chi connectivity index (χ4n) is 2.95. The van der Waals surface area contributed by atoms with Crippen molar-refractivity contribution in [1.29, 1.82) is 0 Å². The van der Waals surface area contributed by atoms with Crippen LogP contribution >= 0.6 is 0 Å². The smallest absolute Gasteiger partial charge is 0.240 e. The van der Waals surface area contributed by atoms with Crippen molar-refractivity contribution in [2.45, 2.75) is 32.2 Å². The molecular weight excluding hydrogens is 270 g/mol. The Hall–Kier alpha value is -1.24. The van der Waals surface area contributed by atoms with Gasteiger partial charge in [0.15, 0.2) is 5.82 Å². The van der Waals surface area contributed by atoms with Crippen LogP contribution in [-0.2, 0) is 17.7 Å². The molecule has 1 aliphatic heterocycles. The highest BCUT2D eigenvalue weighted by Gasteiger charge is 2.34. The van der Waals surface area contributed by atoms with Crippen LogP contribution in [-0.4, -0.2) is 53.6 Å². The van der Waals surface area contributed by atoms with Gasteiger partial charge >= 0.3 is 0 Å². The van der Waals surface area contributed by atoms with E-state index in [0.717, 1.165) is 32.4 Å². The van der Waals surface area contributed by atoms with Crippen molar-refractivity contribution in [3.05, 3.63) is 24.4 Å². The zero-order valence-corrected chi connectivity index (χ0v) is 12.8. The number of allylic oxidation sites excluding steroid dienone is 1. The first-order valence-electron chi connectivity index (χ1n) is 7.46. The molecule has 0 radical (unpaired) electrons. The molecule has 6 heteroatoms. The SMILES string of the molecule is C=CC[C@@]1(CO)CCCN(Cc2nc(CCOC)no2)C1. The summed E-state index contributed by atoms with van der Waals surface area (Å²) in [7, 11) is 1.66. The van der Waals surface area contributed by atoms with Gasteiger partial charge in [-0.05, 0) is 25.8 Å². The van der Waals surface area contributed by atoms with Crippen molar-refractivity contribution in [2.75, 3.05) is 33.4 Å². The van der Waals surface area contributed by atoms with E-state index in [4.69, 9.17) is 9.26 Å². The van der Waals surface area contributed by atoms with Crippen molar-refractivity contribution in [1.82, 2.24) is 15.0 Å². The second kappa shape index (κ2) is 7.68. The number of aromatic nitrogens is 2. The standard InChI is InChI=1S/C15H25N3O3/c1-3-6-15(12-19)7-4-8-18(11-15)10-14-16-13(17-21-14)5-9-20-2/h3,19H,1,4-12H2,2H3/t15-/m1/s1. The van der Waals surface area contributed by atoms with E-state index in [-0.39, 0.29) is 12.0 Å². The van der Waals surface area contributed by atoms with Gasteiger partial charge in [-0.1, -0.05) is 11.2 Å². The van der Waals surface area contributed by atoms with Gasteiger partial charge in [-0.25, -0.2) is 0 Å². The fraction of sp³-hybridized carbons (Fsp3) is 0.733. The van der Waals surface area contributed by atoms with Gasteiger partial charge in [0.2, 0.25) is 5.89 Å². The summed E-state index contributed by atoms with van der Waals surface area (Å²) in [6.07, 6.45) is 5.50. The highest BCUT2D eigenvalue weighted by molar-refractivity contribution is 4.94. The molecule has 21 heavy (non-hydrogen) atoms. The Morgan fingerprint density at radius 1 is 1.57 bits per heavy atom. The Balaban J connectivity index is 1.92. The van der Waals surface area contributed by atoms with Crippen LogP contribution in [0.3, 0.4) is 0 Å². The number of rotatable bonds is 8. The van der Waals surface area contributed by atoms with E-state index < -0.39 is 0 Å². The predicted octanol–water partition coefficient (Wildman–Crippen LogP) is 1.41. The van der Waals surface area contributed by atoms with Crippen LogP contribution < -0.4 is 0 Å². The molecule has 0 saturated carbocycles. The number of aliphatic hydroxyl groups is 1. The van der Waals surface area contributed by atoms with E-state index in [1.165, 1.54) is 0 Å². The topological polar surface area (TPSA) is 71.6 Å². The molecule has 0 unspecified atom stereocenters. The number of nitrogens with zero attached hydrogens (tertiary/aromatic N) is 3. The first-order valence-corrected chi connectivity index (χ1v) is 7.46. The minimum absolute atomic E-state index is 0.0705. The Morgan fingerprint density at radius 2 is 2.43 bits per heavy atom. The molecular formula is C15H25N3O3. The Bertz CT molecular complexity index is 449. The summed E-state index contributed by atoms with van der Waals surface area (Å²) in [5.41, 5.74) is -0.0705. The maximum absolute atomic E-state index is 9.72. The predicted molar refractivity (Wildman–Crippen MR) is 78.7 cm³/mol. The zero-order chi connectivity index (χ0) is 15.1. The van der Waals surface area contributed by atoms with E-state index in [9.17, 15) is 5.11 Å². The average molecular weight is 295 g/mol. The number of likely N-dealkylation sites (tertiary alicyclic amines) is 1. The first kappa shape index (κ1) is 16.1. The highest BCUT2D eigenvalue weighted by atomic mass is 16.5. The van der Waals surface area contributed by atoms with Crippen LogP contribution in [0.25, 0.3) is 0 Å². The second-order valence-electron chi connectivity index (χ2n) is 5.81.